The molecule has 0 aliphatic heterocycles. The Bertz CT molecular complexity index is 1720. The number of benzene rings is 4. The number of fused-ring (bicyclic) bond motifs is 6. The zero-order chi connectivity index (χ0) is 26.3. The largest absolute Gasteiger partial charge is 0.497 e. The number of hydrogen-bond donors (Lipinski definition) is 0. The first-order valence-electron chi connectivity index (χ1n) is 12.7. The van der Waals surface area contributed by atoms with Crippen molar-refractivity contribution in [1.29, 1.82) is 0 Å². The van der Waals surface area contributed by atoms with Crippen molar-refractivity contribution in [2.45, 2.75) is 45.4 Å². The van der Waals surface area contributed by atoms with E-state index in [1.54, 1.807) is 14.2 Å². The molecule has 1 aromatic heterocycles. The highest BCUT2D eigenvalue weighted by molar-refractivity contribution is 6.36. The standard InChI is InChI=1S/C33H32ClNO2/c1-32(2,3)21-10-13-25-24(18-21)28-29-27(37-7)15-14-26(34)30(29)35(31(28)33(25,4)5)22-11-8-19-9-12-23(36-6)17-20(19)16-22/h8-18H,1-7H3. The Balaban J connectivity index is 1.77. The van der Waals surface area contributed by atoms with Gasteiger partial charge in [0.05, 0.1) is 30.1 Å². The first-order valence-corrected chi connectivity index (χ1v) is 13.1. The quantitative estimate of drug-likeness (QED) is 0.242. The zero-order valence-electron chi connectivity index (χ0n) is 22.5. The highest BCUT2D eigenvalue weighted by Gasteiger charge is 2.42. The fraction of sp³-hybridized carbons (Fsp3) is 0.273. The molecular weight excluding hydrogens is 478 g/mol. The van der Waals surface area contributed by atoms with E-state index in [1.165, 1.54) is 33.3 Å². The van der Waals surface area contributed by atoms with Gasteiger partial charge in [-0.25, -0.2) is 0 Å². The Kier molecular flexibility index (Phi) is 5.20. The van der Waals surface area contributed by atoms with E-state index >= 15 is 0 Å². The molecule has 0 saturated heterocycles. The van der Waals surface area contributed by atoms with Crippen molar-refractivity contribution >= 4 is 33.3 Å². The van der Waals surface area contributed by atoms with Crippen LogP contribution in [0.1, 0.15) is 51.4 Å². The van der Waals surface area contributed by atoms with E-state index in [0.29, 0.717) is 5.02 Å². The summed E-state index contributed by atoms with van der Waals surface area (Å²) < 4.78 is 13.8. The molecule has 0 bridgehead atoms. The van der Waals surface area contributed by atoms with E-state index in [2.05, 4.69) is 87.7 Å². The van der Waals surface area contributed by atoms with Gasteiger partial charge in [-0.3, -0.25) is 0 Å². The highest BCUT2D eigenvalue weighted by Crippen LogP contribution is 2.57. The summed E-state index contributed by atoms with van der Waals surface area (Å²) in [7, 11) is 3.44. The first kappa shape index (κ1) is 23.9. The Morgan fingerprint density at radius 1 is 0.811 bits per heavy atom. The van der Waals surface area contributed by atoms with Crippen LogP contribution < -0.4 is 9.47 Å². The lowest BCUT2D eigenvalue weighted by Crippen LogP contribution is -2.20. The number of ether oxygens (including phenoxy) is 2. The van der Waals surface area contributed by atoms with Crippen molar-refractivity contribution in [1.82, 2.24) is 4.57 Å². The van der Waals surface area contributed by atoms with E-state index < -0.39 is 0 Å². The molecule has 6 rings (SSSR count). The van der Waals surface area contributed by atoms with Crippen molar-refractivity contribution in [2.24, 2.45) is 0 Å². The normalized spacial score (nSPS) is 14.2. The summed E-state index contributed by atoms with van der Waals surface area (Å²) in [6, 6.07) is 23.7. The predicted octanol–water partition coefficient (Wildman–Crippen LogP) is 9.06. The summed E-state index contributed by atoms with van der Waals surface area (Å²) in [6.07, 6.45) is 0. The van der Waals surface area contributed by atoms with E-state index in [-0.39, 0.29) is 10.8 Å². The van der Waals surface area contributed by atoms with Gasteiger partial charge in [-0.05, 0) is 69.3 Å². The van der Waals surface area contributed by atoms with Crippen LogP contribution in [0.3, 0.4) is 0 Å². The lowest BCUT2D eigenvalue weighted by Gasteiger charge is -2.26. The molecule has 0 spiro atoms. The van der Waals surface area contributed by atoms with Gasteiger partial charge in [0.1, 0.15) is 11.5 Å². The number of aromatic nitrogens is 1. The maximum absolute atomic E-state index is 7.00. The van der Waals surface area contributed by atoms with E-state index in [0.717, 1.165) is 33.5 Å². The monoisotopic (exact) mass is 509 g/mol. The van der Waals surface area contributed by atoms with E-state index in [1.807, 2.05) is 18.2 Å². The van der Waals surface area contributed by atoms with Gasteiger partial charge in [-0.2, -0.15) is 0 Å². The summed E-state index contributed by atoms with van der Waals surface area (Å²) in [6.45, 7) is 11.4. The molecular formula is C33H32ClNO2. The van der Waals surface area contributed by atoms with Crippen LogP contribution in [-0.2, 0) is 10.8 Å². The van der Waals surface area contributed by atoms with Crippen LogP contribution in [0, 0.1) is 0 Å². The highest BCUT2D eigenvalue weighted by atomic mass is 35.5. The molecule has 188 valence electrons. The fourth-order valence-corrected chi connectivity index (χ4v) is 6.24. The van der Waals surface area contributed by atoms with Gasteiger partial charge in [-0.1, -0.05) is 76.6 Å². The summed E-state index contributed by atoms with van der Waals surface area (Å²) >= 11 is 7.00. The molecule has 0 saturated carbocycles. The number of nitrogens with zero attached hydrogens (tertiary/aromatic N) is 1. The van der Waals surface area contributed by atoms with Crippen LogP contribution in [-0.4, -0.2) is 18.8 Å². The van der Waals surface area contributed by atoms with Crippen molar-refractivity contribution in [3.63, 3.8) is 0 Å². The molecule has 0 amide bonds. The molecule has 0 radical (unpaired) electrons. The van der Waals surface area contributed by atoms with Gasteiger partial charge >= 0.3 is 0 Å². The zero-order valence-corrected chi connectivity index (χ0v) is 23.2. The van der Waals surface area contributed by atoms with Gasteiger partial charge in [-0.15, -0.1) is 0 Å². The Morgan fingerprint density at radius 3 is 2.27 bits per heavy atom. The number of methoxy groups -OCH3 is 2. The summed E-state index contributed by atoms with van der Waals surface area (Å²) in [5.41, 5.74) is 8.20. The lowest BCUT2D eigenvalue weighted by molar-refractivity contribution is 0.415. The van der Waals surface area contributed by atoms with Crippen molar-refractivity contribution < 1.29 is 9.47 Å². The minimum Gasteiger partial charge on any atom is -0.497 e. The average molecular weight is 510 g/mol. The predicted molar refractivity (Wildman–Crippen MR) is 155 cm³/mol. The smallest absolute Gasteiger partial charge is 0.128 e. The molecule has 37 heavy (non-hydrogen) atoms. The van der Waals surface area contributed by atoms with Gasteiger partial charge in [0.2, 0.25) is 0 Å². The molecule has 1 heterocycles. The molecule has 0 fully saturated rings. The van der Waals surface area contributed by atoms with Gasteiger partial charge < -0.3 is 14.0 Å². The van der Waals surface area contributed by atoms with Gasteiger partial charge in [0, 0.05) is 22.4 Å². The van der Waals surface area contributed by atoms with E-state index in [4.69, 9.17) is 21.1 Å². The van der Waals surface area contributed by atoms with Gasteiger partial charge in [0.25, 0.3) is 0 Å². The first-order chi connectivity index (χ1) is 17.6. The summed E-state index contributed by atoms with van der Waals surface area (Å²) in [5.74, 6) is 1.68. The molecule has 1 aliphatic carbocycles. The average Bonchev–Trinajstić information content (AvgIpc) is 3.35. The molecule has 5 aromatic rings. The number of halogens is 1. The van der Waals surface area contributed by atoms with Crippen molar-refractivity contribution in [3.05, 3.63) is 88.6 Å². The molecule has 4 aromatic carbocycles. The molecule has 1 aliphatic rings. The maximum atomic E-state index is 7.00. The molecule has 0 atom stereocenters. The third kappa shape index (κ3) is 3.40. The second kappa shape index (κ2) is 8.03. The third-order valence-electron chi connectivity index (χ3n) is 7.95. The topological polar surface area (TPSA) is 23.4 Å². The van der Waals surface area contributed by atoms with Crippen LogP contribution in [0.25, 0.3) is 38.5 Å². The molecule has 0 N–H and O–H groups in total. The Morgan fingerprint density at radius 2 is 1.57 bits per heavy atom. The van der Waals surface area contributed by atoms with Gasteiger partial charge in [0.15, 0.2) is 0 Å². The summed E-state index contributed by atoms with van der Waals surface area (Å²) in [4.78, 5) is 0. The SMILES string of the molecule is COc1ccc2ccc(-n3c4c(c5c(OC)ccc(Cl)c53)-c3cc(C(C)(C)C)ccc3C4(C)C)cc2c1. The molecule has 0 unspecified atom stereocenters. The molecule has 4 heteroatoms. The van der Waals surface area contributed by atoms with Crippen LogP contribution in [0.2, 0.25) is 5.02 Å². The maximum Gasteiger partial charge on any atom is 0.128 e. The van der Waals surface area contributed by atoms with Crippen LogP contribution in [0.5, 0.6) is 11.5 Å². The minimum absolute atomic E-state index is 0.0411. The minimum atomic E-state index is -0.238. The fourth-order valence-electron chi connectivity index (χ4n) is 6.00. The van der Waals surface area contributed by atoms with E-state index in [9.17, 15) is 0 Å². The third-order valence-corrected chi connectivity index (χ3v) is 8.26. The number of hydrogen-bond acceptors (Lipinski definition) is 2. The lowest BCUT2D eigenvalue weighted by atomic mass is 9.81. The Labute approximate surface area is 223 Å². The Hall–Kier alpha value is -3.43. The second-order valence-electron chi connectivity index (χ2n) is 11.6. The van der Waals surface area contributed by atoms with Crippen LogP contribution >= 0.6 is 11.6 Å². The van der Waals surface area contributed by atoms with Crippen LogP contribution in [0.15, 0.2) is 66.7 Å². The van der Waals surface area contributed by atoms with Crippen molar-refractivity contribution in [3.8, 4) is 28.3 Å². The summed E-state index contributed by atoms with van der Waals surface area (Å²) in [5, 5.41) is 4.06. The van der Waals surface area contributed by atoms with Crippen LogP contribution in [0.4, 0.5) is 0 Å². The number of rotatable bonds is 3. The second-order valence-corrected chi connectivity index (χ2v) is 12.0. The molecule has 3 nitrogen and oxygen atoms in total. The van der Waals surface area contributed by atoms with Crippen molar-refractivity contribution in [2.75, 3.05) is 14.2 Å².